The summed E-state index contributed by atoms with van der Waals surface area (Å²) in [6.07, 6.45) is 0. The highest BCUT2D eigenvalue weighted by atomic mass is 32.2. The van der Waals surface area contributed by atoms with Crippen molar-refractivity contribution in [3.8, 4) is 21.7 Å². The van der Waals surface area contributed by atoms with Crippen molar-refractivity contribution in [2.75, 3.05) is 5.75 Å². The molecule has 6 heteroatoms. The molecular formula is C22H21NO3S2. The maximum Gasteiger partial charge on any atom is 0.340 e. The van der Waals surface area contributed by atoms with E-state index in [1.807, 2.05) is 56.5 Å². The van der Waals surface area contributed by atoms with Gasteiger partial charge in [-0.1, -0.05) is 30.3 Å². The molecule has 4 nitrogen and oxygen atoms in total. The lowest BCUT2D eigenvalue weighted by Crippen LogP contribution is -2.29. The Morgan fingerprint density at radius 1 is 1.14 bits per heavy atom. The molecule has 0 N–H and O–H groups in total. The van der Waals surface area contributed by atoms with Gasteiger partial charge in [-0.2, -0.15) is 0 Å². The summed E-state index contributed by atoms with van der Waals surface area (Å²) in [5, 5.41) is 2.00. The van der Waals surface area contributed by atoms with Crippen LogP contribution < -0.4 is 5.56 Å². The molecule has 1 aliphatic heterocycles. The van der Waals surface area contributed by atoms with Crippen LogP contribution >= 0.6 is 23.1 Å². The van der Waals surface area contributed by atoms with Crippen molar-refractivity contribution in [3.63, 3.8) is 0 Å². The number of fused-ring (bicyclic) bond motifs is 3. The van der Waals surface area contributed by atoms with Crippen molar-refractivity contribution < 1.29 is 9.53 Å². The van der Waals surface area contributed by atoms with Crippen molar-refractivity contribution in [1.82, 2.24) is 4.57 Å². The summed E-state index contributed by atoms with van der Waals surface area (Å²) in [7, 11) is 0. The molecule has 0 bridgehead atoms. The average molecular weight is 412 g/mol. The molecule has 0 radical (unpaired) electrons. The molecule has 0 aliphatic carbocycles. The van der Waals surface area contributed by atoms with E-state index in [1.54, 1.807) is 33.7 Å². The van der Waals surface area contributed by atoms with Crippen molar-refractivity contribution in [2.45, 2.75) is 37.8 Å². The number of nitrogens with zero attached hydrogens (tertiary/aromatic N) is 1. The minimum absolute atomic E-state index is 0.0737. The first-order chi connectivity index (χ1) is 13.3. The van der Waals surface area contributed by atoms with Crippen molar-refractivity contribution in [1.29, 1.82) is 0 Å². The predicted octanol–water partition coefficient (Wildman–Crippen LogP) is 5.30. The second-order valence-corrected chi connectivity index (χ2v) is 9.66. The SMILES string of the molecule is CC(C)(C)OC(=O)c1cc(-c2ccccc2)c(=O)n2c1-c1sccc1SCC2. The van der Waals surface area contributed by atoms with Crippen molar-refractivity contribution in [2.24, 2.45) is 0 Å². The van der Waals surface area contributed by atoms with Gasteiger partial charge in [0, 0.05) is 22.8 Å². The highest BCUT2D eigenvalue weighted by Crippen LogP contribution is 2.41. The molecule has 4 rings (SSSR count). The second-order valence-electron chi connectivity index (χ2n) is 7.61. The molecule has 0 fully saturated rings. The molecule has 1 aromatic carbocycles. The van der Waals surface area contributed by atoms with E-state index in [0.717, 1.165) is 21.1 Å². The van der Waals surface area contributed by atoms with Crippen molar-refractivity contribution >= 4 is 29.1 Å². The zero-order chi connectivity index (χ0) is 19.9. The third kappa shape index (κ3) is 3.54. The standard InChI is InChI=1S/C22H21NO3S2/c1-22(2,3)26-21(25)16-13-15(14-7-5-4-6-8-14)20(24)23-10-12-27-17-9-11-28-19(17)18(16)23/h4-9,11,13H,10,12H2,1-3H3. The summed E-state index contributed by atoms with van der Waals surface area (Å²) in [5.74, 6) is 0.377. The normalized spacial score (nSPS) is 13.4. The molecule has 0 amide bonds. The van der Waals surface area contributed by atoms with Gasteiger partial charge in [0.05, 0.1) is 16.1 Å². The van der Waals surface area contributed by atoms with Gasteiger partial charge in [-0.3, -0.25) is 4.79 Å². The molecule has 0 spiro atoms. The van der Waals surface area contributed by atoms with Crippen LogP contribution in [-0.4, -0.2) is 21.9 Å². The van der Waals surface area contributed by atoms with E-state index in [4.69, 9.17) is 4.74 Å². The number of hydrogen-bond acceptors (Lipinski definition) is 5. The smallest absolute Gasteiger partial charge is 0.340 e. The number of hydrogen-bond donors (Lipinski definition) is 0. The van der Waals surface area contributed by atoms with Gasteiger partial charge in [0.1, 0.15) is 5.60 Å². The van der Waals surface area contributed by atoms with Gasteiger partial charge in [-0.05, 0) is 43.8 Å². The number of benzene rings is 1. The average Bonchev–Trinajstić information content (AvgIpc) is 3.02. The number of pyridine rings is 1. The molecule has 28 heavy (non-hydrogen) atoms. The van der Waals surface area contributed by atoms with E-state index in [9.17, 15) is 9.59 Å². The number of esters is 1. The van der Waals surface area contributed by atoms with E-state index < -0.39 is 11.6 Å². The third-order valence-corrected chi connectivity index (χ3v) is 6.50. The Kier molecular flexibility index (Phi) is 4.93. The van der Waals surface area contributed by atoms with Crippen LogP contribution in [0.2, 0.25) is 0 Å². The maximum absolute atomic E-state index is 13.4. The lowest BCUT2D eigenvalue weighted by molar-refractivity contribution is 0.00697. The first-order valence-electron chi connectivity index (χ1n) is 9.12. The zero-order valence-corrected chi connectivity index (χ0v) is 17.7. The molecule has 0 atom stereocenters. The lowest BCUT2D eigenvalue weighted by atomic mass is 10.0. The summed E-state index contributed by atoms with van der Waals surface area (Å²) in [6.45, 7) is 6.10. The van der Waals surface area contributed by atoms with Crippen LogP contribution in [0, 0.1) is 0 Å². The number of rotatable bonds is 2. The number of carbonyl (C=O) groups is 1. The van der Waals surface area contributed by atoms with Gasteiger partial charge in [-0.25, -0.2) is 4.79 Å². The molecule has 0 saturated heterocycles. The monoisotopic (exact) mass is 411 g/mol. The molecular weight excluding hydrogens is 390 g/mol. The van der Waals surface area contributed by atoms with Gasteiger partial charge >= 0.3 is 5.97 Å². The predicted molar refractivity (Wildman–Crippen MR) is 115 cm³/mol. The Morgan fingerprint density at radius 3 is 2.61 bits per heavy atom. The lowest BCUT2D eigenvalue weighted by Gasteiger charge is -2.22. The number of thiophene rings is 1. The van der Waals surface area contributed by atoms with Crippen LogP contribution in [0.15, 0.2) is 57.5 Å². The van der Waals surface area contributed by atoms with Gasteiger partial charge in [0.15, 0.2) is 0 Å². The minimum atomic E-state index is -0.616. The highest BCUT2D eigenvalue weighted by molar-refractivity contribution is 7.99. The molecule has 3 heterocycles. The molecule has 0 saturated carbocycles. The van der Waals surface area contributed by atoms with E-state index in [-0.39, 0.29) is 5.56 Å². The Morgan fingerprint density at radius 2 is 1.89 bits per heavy atom. The Balaban J connectivity index is 2.01. The van der Waals surface area contributed by atoms with Gasteiger partial charge in [-0.15, -0.1) is 23.1 Å². The maximum atomic E-state index is 13.4. The van der Waals surface area contributed by atoms with E-state index in [0.29, 0.717) is 23.4 Å². The molecule has 0 unspecified atom stereocenters. The Labute approximate surface area is 172 Å². The Hall–Kier alpha value is -2.31. The Bertz CT molecular complexity index is 1090. The molecule has 144 valence electrons. The van der Waals surface area contributed by atoms with E-state index in [1.165, 1.54) is 0 Å². The summed E-state index contributed by atoms with van der Waals surface area (Å²) >= 11 is 3.27. The molecule has 1 aliphatic rings. The highest BCUT2D eigenvalue weighted by Gasteiger charge is 2.28. The topological polar surface area (TPSA) is 48.3 Å². The zero-order valence-electron chi connectivity index (χ0n) is 16.0. The summed E-state index contributed by atoms with van der Waals surface area (Å²) < 4.78 is 7.44. The second kappa shape index (κ2) is 7.26. The van der Waals surface area contributed by atoms with Crippen molar-refractivity contribution in [3.05, 3.63) is 63.8 Å². The first-order valence-corrected chi connectivity index (χ1v) is 11.0. The van der Waals surface area contributed by atoms with Crippen LogP contribution in [0.4, 0.5) is 0 Å². The number of aromatic nitrogens is 1. The number of ether oxygens (including phenoxy) is 1. The van der Waals surface area contributed by atoms with Crippen LogP contribution in [-0.2, 0) is 11.3 Å². The third-order valence-electron chi connectivity index (χ3n) is 4.41. The summed E-state index contributed by atoms with van der Waals surface area (Å²) in [4.78, 5) is 28.6. The first kappa shape index (κ1) is 19.0. The molecule has 3 aromatic rings. The summed E-state index contributed by atoms with van der Waals surface area (Å²) in [5.41, 5.74) is 1.75. The fourth-order valence-electron chi connectivity index (χ4n) is 3.27. The van der Waals surface area contributed by atoms with E-state index in [2.05, 4.69) is 6.07 Å². The molecule has 2 aromatic heterocycles. The summed E-state index contributed by atoms with van der Waals surface area (Å²) in [6, 6.07) is 13.2. The number of carbonyl (C=O) groups excluding carboxylic acids is 1. The minimum Gasteiger partial charge on any atom is -0.456 e. The quantitative estimate of drug-likeness (QED) is 0.537. The van der Waals surface area contributed by atoms with Gasteiger partial charge in [0.2, 0.25) is 0 Å². The largest absolute Gasteiger partial charge is 0.456 e. The van der Waals surface area contributed by atoms with Gasteiger partial charge < -0.3 is 9.30 Å². The van der Waals surface area contributed by atoms with Crippen LogP contribution in [0.3, 0.4) is 0 Å². The van der Waals surface area contributed by atoms with Gasteiger partial charge in [0.25, 0.3) is 5.56 Å². The number of thioether (sulfide) groups is 1. The van der Waals surface area contributed by atoms with Crippen LogP contribution in [0.1, 0.15) is 31.1 Å². The fourth-order valence-corrected chi connectivity index (χ4v) is 5.42. The van der Waals surface area contributed by atoms with E-state index >= 15 is 0 Å². The van der Waals surface area contributed by atoms with Crippen LogP contribution in [0.25, 0.3) is 21.7 Å². The van der Waals surface area contributed by atoms with Crippen LogP contribution in [0.5, 0.6) is 0 Å². The fraction of sp³-hybridized carbons (Fsp3) is 0.273.